The van der Waals surface area contributed by atoms with Crippen LogP contribution in [0.5, 0.6) is 11.5 Å². The molecule has 0 saturated heterocycles. The van der Waals surface area contributed by atoms with Crippen LogP contribution in [0, 0.1) is 6.92 Å². The Hall–Kier alpha value is -3.95. The van der Waals surface area contributed by atoms with E-state index in [-0.39, 0.29) is 24.0 Å². The molecule has 10 heteroatoms. The molecule has 0 fully saturated rings. The third-order valence-corrected chi connectivity index (χ3v) is 5.05. The topological polar surface area (TPSA) is 119 Å². The van der Waals surface area contributed by atoms with E-state index in [1.54, 1.807) is 45.7 Å². The molecule has 1 aliphatic rings. The third-order valence-electron chi connectivity index (χ3n) is 5.05. The van der Waals surface area contributed by atoms with Crippen LogP contribution in [-0.4, -0.2) is 47.7 Å². The van der Waals surface area contributed by atoms with Crippen molar-refractivity contribution in [2.24, 2.45) is 0 Å². The highest BCUT2D eigenvalue weighted by atomic mass is 16.5. The largest absolute Gasteiger partial charge is 0.504 e. The molecule has 10 nitrogen and oxygen atoms in total. The molecule has 146 valence electrons. The first-order valence-corrected chi connectivity index (χ1v) is 8.99. The quantitative estimate of drug-likeness (QED) is 0.546. The Morgan fingerprint density at radius 1 is 1.24 bits per heavy atom. The fourth-order valence-electron chi connectivity index (χ4n) is 3.60. The van der Waals surface area contributed by atoms with Gasteiger partial charge in [0, 0.05) is 17.9 Å². The second kappa shape index (κ2) is 6.30. The number of hydrogen-bond donors (Lipinski definition) is 2. The number of fused-ring (bicyclic) bond motifs is 2. The molecule has 1 amide bonds. The Morgan fingerprint density at radius 2 is 2.10 bits per heavy atom. The molecular formula is C19H17N7O3. The minimum Gasteiger partial charge on any atom is -0.504 e. The standard InChI is InChI=1S/C19H17N7O3/c1-10-22-23-16-5-6-17(24-25(10)16)26-19-13(9-20-26)12(8-18(28)21-19)11-3-4-14(27)15(7-11)29-2/h3-7,9,12,27H,8H2,1-2H3,(H,21,28)/t12-/m0/s1. The Bertz CT molecular complexity index is 1260. The Labute approximate surface area is 164 Å². The normalized spacial score (nSPS) is 15.9. The number of amides is 1. The fraction of sp³-hybridized carbons (Fsp3) is 0.211. The van der Waals surface area contributed by atoms with E-state index < -0.39 is 0 Å². The predicted octanol–water partition coefficient (Wildman–Crippen LogP) is 1.81. The summed E-state index contributed by atoms with van der Waals surface area (Å²) in [4.78, 5) is 12.5. The smallest absolute Gasteiger partial charge is 0.226 e. The summed E-state index contributed by atoms with van der Waals surface area (Å²) >= 11 is 0. The summed E-state index contributed by atoms with van der Waals surface area (Å²) in [5, 5.41) is 29.8. The van der Waals surface area contributed by atoms with Gasteiger partial charge in [-0.3, -0.25) is 4.79 Å². The molecule has 0 spiro atoms. The number of aromatic hydroxyl groups is 1. The van der Waals surface area contributed by atoms with Gasteiger partial charge >= 0.3 is 0 Å². The van der Waals surface area contributed by atoms with Crippen LogP contribution in [0.1, 0.15) is 29.3 Å². The summed E-state index contributed by atoms with van der Waals surface area (Å²) in [5.41, 5.74) is 2.35. The van der Waals surface area contributed by atoms with Crippen LogP contribution in [0.15, 0.2) is 36.5 Å². The minimum absolute atomic E-state index is 0.0502. The van der Waals surface area contributed by atoms with Gasteiger partial charge in [-0.05, 0) is 36.8 Å². The second-order valence-electron chi connectivity index (χ2n) is 6.81. The number of nitrogens with one attached hydrogen (secondary N) is 1. The average molecular weight is 391 g/mol. The molecule has 4 aromatic rings. The zero-order valence-electron chi connectivity index (χ0n) is 15.7. The third kappa shape index (κ3) is 2.68. The van der Waals surface area contributed by atoms with Crippen LogP contribution >= 0.6 is 0 Å². The van der Waals surface area contributed by atoms with E-state index in [0.717, 1.165) is 11.1 Å². The van der Waals surface area contributed by atoms with E-state index in [1.807, 2.05) is 6.92 Å². The van der Waals surface area contributed by atoms with E-state index in [4.69, 9.17) is 4.74 Å². The van der Waals surface area contributed by atoms with E-state index in [2.05, 4.69) is 25.7 Å². The maximum Gasteiger partial charge on any atom is 0.226 e. The van der Waals surface area contributed by atoms with Crippen molar-refractivity contribution in [3.05, 3.63) is 53.5 Å². The van der Waals surface area contributed by atoms with Gasteiger partial charge in [-0.25, -0.2) is 0 Å². The second-order valence-corrected chi connectivity index (χ2v) is 6.81. The lowest BCUT2D eigenvalue weighted by Gasteiger charge is -2.24. The number of aromatic nitrogens is 6. The van der Waals surface area contributed by atoms with Crippen molar-refractivity contribution < 1.29 is 14.6 Å². The molecule has 0 unspecified atom stereocenters. The molecule has 1 aromatic carbocycles. The van der Waals surface area contributed by atoms with E-state index in [0.29, 0.717) is 28.9 Å². The van der Waals surface area contributed by atoms with Gasteiger partial charge in [0.05, 0.1) is 13.3 Å². The van der Waals surface area contributed by atoms with Crippen molar-refractivity contribution >= 4 is 17.4 Å². The van der Waals surface area contributed by atoms with Crippen molar-refractivity contribution in [3.63, 3.8) is 0 Å². The zero-order chi connectivity index (χ0) is 20.1. The molecular weight excluding hydrogens is 374 g/mol. The van der Waals surface area contributed by atoms with Crippen LogP contribution in [0.2, 0.25) is 0 Å². The molecule has 0 bridgehead atoms. The first-order chi connectivity index (χ1) is 14.0. The number of nitrogens with zero attached hydrogens (tertiary/aromatic N) is 6. The Balaban J connectivity index is 1.62. The van der Waals surface area contributed by atoms with Crippen molar-refractivity contribution in [3.8, 4) is 17.3 Å². The van der Waals surface area contributed by atoms with Crippen LogP contribution in [0.3, 0.4) is 0 Å². The van der Waals surface area contributed by atoms with Gasteiger partial charge < -0.3 is 15.2 Å². The number of aryl methyl sites for hydroxylation is 1. The molecule has 3 aromatic heterocycles. The minimum atomic E-state index is -0.220. The van der Waals surface area contributed by atoms with Gasteiger partial charge in [-0.15, -0.1) is 15.3 Å². The summed E-state index contributed by atoms with van der Waals surface area (Å²) in [6, 6.07) is 8.66. The number of rotatable bonds is 3. The number of hydrogen-bond acceptors (Lipinski definition) is 7. The molecule has 0 radical (unpaired) electrons. The van der Waals surface area contributed by atoms with Crippen molar-refractivity contribution in [1.82, 2.24) is 29.6 Å². The van der Waals surface area contributed by atoms with Crippen LogP contribution in [0.4, 0.5) is 5.82 Å². The fourth-order valence-corrected chi connectivity index (χ4v) is 3.60. The summed E-state index contributed by atoms with van der Waals surface area (Å²) in [7, 11) is 1.49. The van der Waals surface area contributed by atoms with Gasteiger partial charge in [0.25, 0.3) is 0 Å². The van der Waals surface area contributed by atoms with Crippen molar-refractivity contribution in [2.45, 2.75) is 19.3 Å². The highest BCUT2D eigenvalue weighted by Crippen LogP contribution is 2.40. The van der Waals surface area contributed by atoms with Crippen LogP contribution in [0.25, 0.3) is 11.5 Å². The lowest BCUT2D eigenvalue weighted by Crippen LogP contribution is -2.25. The monoisotopic (exact) mass is 391 g/mol. The Kier molecular flexibility index (Phi) is 3.73. The lowest BCUT2D eigenvalue weighted by molar-refractivity contribution is -0.116. The van der Waals surface area contributed by atoms with Gasteiger partial charge in [0.15, 0.2) is 28.8 Å². The number of benzene rings is 1. The number of phenols is 1. The number of carbonyl (C=O) groups is 1. The molecule has 5 rings (SSSR count). The number of anilines is 1. The average Bonchev–Trinajstić information content (AvgIpc) is 3.31. The predicted molar refractivity (Wildman–Crippen MR) is 102 cm³/mol. The molecule has 1 atom stereocenters. The lowest BCUT2D eigenvalue weighted by atomic mass is 9.87. The van der Waals surface area contributed by atoms with Crippen LogP contribution < -0.4 is 10.1 Å². The number of phenolic OH excluding ortho intramolecular Hbond substituents is 1. The molecule has 1 aliphatic heterocycles. The highest BCUT2D eigenvalue weighted by Gasteiger charge is 2.31. The first kappa shape index (κ1) is 17.2. The molecule has 4 heterocycles. The van der Waals surface area contributed by atoms with E-state index in [1.165, 1.54) is 7.11 Å². The molecule has 2 N–H and O–H groups in total. The zero-order valence-corrected chi connectivity index (χ0v) is 15.7. The SMILES string of the molecule is COc1cc([C@@H]2CC(=O)Nc3c2cnn3-c2ccc3nnc(C)n3n2)ccc1O. The Morgan fingerprint density at radius 3 is 2.93 bits per heavy atom. The van der Waals surface area contributed by atoms with Gasteiger partial charge in [0.1, 0.15) is 5.82 Å². The molecule has 29 heavy (non-hydrogen) atoms. The van der Waals surface area contributed by atoms with Crippen molar-refractivity contribution in [1.29, 1.82) is 0 Å². The van der Waals surface area contributed by atoms with Gasteiger partial charge in [0.2, 0.25) is 5.91 Å². The van der Waals surface area contributed by atoms with Crippen molar-refractivity contribution in [2.75, 3.05) is 12.4 Å². The highest BCUT2D eigenvalue weighted by molar-refractivity contribution is 5.94. The number of carbonyl (C=O) groups excluding carboxylic acids is 1. The first-order valence-electron chi connectivity index (χ1n) is 8.99. The maximum atomic E-state index is 12.5. The molecule has 0 saturated carbocycles. The summed E-state index contributed by atoms with van der Waals surface area (Å²) in [6.07, 6.45) is 1.99. The summed E-state index contributed by atoms with van der Waals surface area (Å²) < 4.78 is 8.43. The summed E-state index contributed by atoms with van der Waals surface area (Å²) in [6.45, 7) is 1.81. The van der Waals surface area contributed by atoms with E-state index >= 15 is 0 Å². The van der Waals surface area contributed by atoms with Crippen LogP contribution in [-0.2, 0) is 4.79 Å². The number of methoxy groups -OCH3 is 1. The summed E-state index contributed by atoms with van der Waals surface area (Å²) in [5.74, 6) is 1.81. The number of ether oxygens (including phenoxy) is 1. The van der Waals surface area contributed by atoms with E-state index in [9.17, 15) is 9.90 Å². The maximum absolute atomic E-state index is 12.5. The van der Waals surface area contributed by atoms with Gasteiger partial charge in [-0.1, -0.05) is 6.07 Å². The molecule has 0 aliphatic carbocycles. The van der Waals surface area contributed by atoms with Gasteiger partial charge in [-0.2, -0.15) is 14.3 Å².